The van der Waals surface area contributed by atoms with Crippen molar-refractivity contribution in [2.75, 3.05) is 0 Å². The van der Waals surface area contributed by atoms with Gasteiger partial charge >= 0.3 is 5.97 Å². The second-order valence-electron chi connectivity index (χ2n) is 3.59. The van der Waals surface area contributed by atoms with Crippen molar-refractivity contribution in [2.45, 2.75) is 51.9 Å². The molecule has 0 radical (unpaired) electrons. The van der Waals surface area contributed by atoms with Crippen LogP contribution in [0.25, 0.3) is 0 Å². The molecule has 3 nitrogen and oxygen atoms in total. The summed E-state index contributed by atoms with van der Waals surface area (Å²) in [4.78, 5) is 10.4. The number of nitrogens with zero attached hydrogens (tertiary/aromatic N) is 1. The van der Waals surface area contributed by atoms with Crippen LogP contribution in [-0.2, 0) is 4.79 Å². The Labute approximate surface area is 91.4 Å². The Morgan fingerprint density at radius 3 is 2.40 bits per heavy atom. The summed E-state index contributed by atoms with van der Waals surface area (Å²) in [7, 11) is 0. The molecule has 0 amide bonds. The minimum atomic E-state index is -1.12. The van der Waals surface area contributed by atoms with E-state index in [9.17, 15) is 4.79 Å². The quantitative estimate of drug-likeness (QED) is 0.379. The van der Waals surface area contributed by atoms with Crippen LogP contribution < -0.4 is 0 Å². The zero-order valence-corrected chi connectivity index (χ0v) is 9.33. The molecule has 0 saturated carbocycles. The molecule has 0 aliphatic carbocycles. The lowest BCUT2D eigenvalue weighted by molar-refractivity contribution is -0.132. The van der Waals surface area contributed by atoms with Gasteiger partial charge in [0.15, 0.2) is 0 Å². The average Bonchev–Trinajstić information content (AvgIpc) is 2.21. The molecule has 0 aliphatic heterocycles. The van der Waals surface area contributed by atoms with Crippen LogP contribution in [0.4, 0.5) is 0 Å². The van der Waals surface area contributed by atoms with E-state index in [-0.39, 0.29) is 5.57 Å². The summed E-state index contributed by atoms with van der Waals surface area (Å²) in [5.41, 5.74) is -0.136. The van der Waals surface area contributed by atoms with Gasteiger partial charge in [-0.15, -0.1) is 0 Å². The van der Waals surface area contributed by atoms with E-state index in [2.05, 4.69) is 6.92 Å². The maximum Gasteiger partial charge on any atom is 0.346 e. The fourth-order valence-electron chi connectivity index (χ4n) is 1.35. The van der Waals surface area contributed by atoms with E-state index in [1.807, 2.05) is 0 Å². The summed E-state index contributed by atoms with van der Waals surface area (Å²) in [6, 6.07) is 1.67. The molecule has 0 unspecified atom stereocenters. The Kier molecular flexibility index (Phi) is 8.46. The Balaban J connectivity index is 3.52. The summed E-state index contributed by atoms with van der Waals surface area (Å²) < 4.78 is 0. The summed E-state index contributed by atoms with van der Waals surface area (Å²) in [5.74, 6) is -1.12. The van der Waals surface area contributed by atoms with E-state index in [1.165, 1.54) is 31.8 Å². The van der Waals surface area contributed by atoms with E-state index < -0.39 is 5.97 Å². The van der Waals surface area contributed by atoms with Crippen LogP contribution in [-0.4, -0.2) is 11.1 Å². The zero-order chi connectivity index (χ0) is 11.5. The van der Waals surface area contributed by atoms with Gasteiger partial charge in [0.1, 0.15) is 11.6 Å². The van der Waals surface area contributed by atoms with Gasteiger partial charge in [0.2, 0.25) is 0 Å². The normalized spacial score (nSPS) is 11.1. The largest absolute Gasteiger partial charge is 0.477 e. The number of carboxylic acids is 1. The third kappa shape index (κ3) is 7.75. The molecule has 84 valence electrons. The lowest BCUT2D eigenvalue weighted by atomic mass is 10.1. The number of carbonyl (C=O) groups is 1. The Morgan fingerprint density at radius 2 is 1.87 bits per heavy atom. The van der Waals surface area contributed by atoms with Gasteiger partial charge in [-0.25, -0.2) is 4.79 Å². The summed E-state index contributed by atoms with van der Waals surface area (Å²) in [6.07, 6.45) is 9.27. The lowest BCUT2D eigenvalue weighted by Crippen LogP contribution is -1.97. The fourth-order valence-corrected chi connectivity index (χ4v) is 1.35. The third-order valence-electron chi connectivity index (χ3n) is 2.26. The lowest BCUT2D eigenvalue weighted by Gasteiger charge is -1.97. The van der Waals surface area contributed by atoms with E-state index in [4.69, 9.17) is 10.4 Å². The van der Waals surface area contributed by atoms with Crippen LogP contribution in [0.1, 0.15) is 51.9 Å². The smallest absolute Gasteiger partial charge is 0.346 e. The second-order valence-corrected chi connectivity index (χ2v) is 3.59. The number of hydrogen-bond donors (Lipinski definition) is 1. The topological polar surface area (TPSA) is 61.1 Å². The van der Waals surface area contributed by atoms with Crippen molar-refractivity contribution in [2.24, 2.45) is 0 Å². The highest BCUT2D eigenvalue weighted by Crippen LogP contribution is 2.08. The van der Waals surface area contributed by atoms with Gasteiger partial charge in [-0.3, -0.25) is 0 Å². The van der Waals surface area contributed by atoms with Crippen LogP contribution >= 0.6 is 0 Å². The third-order valence-corrected chi connectivity index (χ3v) is 2.26. The molecule has 0 aromatic carbocycles. The zero-order valence-electron chi connectivity index (χ0n) is 9.33. The molecular formula is C12H19NO2. The molecule has 0 fully saturated rings. The molecule has 0 rings (SSSR count). The SMILES string of the molecule is CCCCCCCCC=C(C#N)C(=O)O. The van der Waals surface area contributed by atoms with E-state index in [1.54, 1.807) is 6.07 Å². The summed E-state index contributed by atoms with van der Waals surface area (Å²) >= 11 is 0. The molecule has 0 bridgehead atoms. The van der Waals surface area contributed by atoms with Crippen molar-refractivity contribution >= 4 is 5.97 Å². The van der Waals surface area contributed by atoms with Gasteiger partial charge in [0, 0.05) is 0 Å². The van der Waals surface area contributed by atoms with Crippen LogP contribution in [0, 0.1) is 11.3 Å². The Morgan fingerprint density at radius 1 is 1.27 bits per heavy atom. The van der Waals surface area contributed by atoms with Crippen molar-refractivity contribution in [1.82, 2.24) is 0 Å². The highest BCUT2D eigenvalue weighted by atomic mass is 16.4. The number of unbranched alkanes of at least 4 members (excludes halogenated alkanes) is 6. The molecule has 0 saturated heterocycles. The number of carboxylic acid groups (broad SMARTS) is 1. The summed E-state index contributed by atoms with van der Waals surface area (Å²) in [5, 5.41) is 17.0. The van der Waals surface area contributed by atoms with Crippen molar-refractivity contribution in [3.05, 3.63) is 11.6 Å². The molecule has 0 aromatic heterocycles. The fraction of sp³-hybridized carbons (Fsp3) is 0.667. The van der Waals surface area contributed by atoms with Crippen LogP contribution in [0.2, 0.25) is 0 Å². The predicted octanol–water partition coefficient (Wildman–Crippen LogP) is 3.27. The molecule has 1 N–H and O–H groups in total. The standard InChI is InChI=1S/C12H19NO2/c1-2-3-4-5-6-7-8-9-11(10-13)12(14)15/h9H,2-8H2,1H3,(H,14,15). The van der Waals surface area contributed by atoms with Crippen molar-refractivity contribution in [3.8, 4) is 6.07 Å². The molecule has 0 aromatic rings. The first kappa shape index (κ1) is 13.7. The van der Waals surface area contributed by atoms with E-state index >= 15 is 0 Å². The van der Waals surface area contributed by atoms with Crippen molar-refractivity contribution in [1.29, 1.82) is 5.26 Å². The van der Waals surface area contributed by atoms with Gasteiger partial charge in [-0.05, 0) is 12.8 Å². The van der Waals surface area contributed by atoms with Gasteiger partial charge < -0.3 is 5.11 Å². The first-order chi connectivity index (χ1) is 7.22. The minimum Gasteiger partial charge on any atom is -0.477 e. The van der Waals surface area contributed by atoms with Crippen LogP contribution in [0.3, 0.4) is 0 Å². The minimum absolute atomic E-state index is 0.136. The Bertz CT molecular complexity index is 251. The predicted molar refractivity (Wildman–Crippen MR) is 59.3 cm³/mol. The molecule has 0 atom stereocenters. The molecule has 0 heterocycles. The van der Waals surface area contributed by atoms with Gasteiger partial charge in [0.05, 0.1) is 0 Å². The molecule has 0 aliphatic rings. The summed E-state index contributed by atoms with van der Waals surface area (Å²) in [6.45, 7) is 2.18. The van der Waals surface area contributed by atoms with Gasteiger partial charge in [0.25, 0.3) is 0 Å². The number of allylic oxidation sites excluding steroid dienone is 1. The van der Waals surface area contributed by atoms with Crippen molar-refractivity contribution in [3.63, 3.8) is 0 Å². The van der Waals surface area contributed by atoms with Crippen LogP contribution in [0.5, 0.6) is 0 Å². The van der Waals surface area contributed by atoms with Gasteiger partial charge in [-0.1, -0.05) is 45.1 Å². The van der Waals surface area contributed by atoms with E-state index in [0.29, 0.717) is 6.42 Å². The molecular weight excluding hydrogens is 190 g/mol. The molecule has 0 spiro atoms. The molecule has 15 heavy (non-hydrogen) atoms. The van der Waals surface area contributed by atoms with Gasteiger partial charge in [-0.2, -0.15) is 5.26 Å². The maximum atomic E-state index is 10.4. The number of nitriles is 1. The second kappa shape index (κ2) is 9.26. The first-order valence-electron chi connectivity index (χ1n) is 5.56. The van der Waals surface area contributed by atoms with Crippen molar-refractivity contribution < 1.29 is 9.90 Å². The highest BCUT2D eigenvalue weighted by molar-refractivity contribution is 5.90. The number of aliphatic carboxylic acids is 1. The van der Waals surface area contributed by atoms with Crippen LogP contribution in [0.15, 0.2) is 11.6 Å². The van der Waals surface area contributed by atoms with E-state index in [0.717, 1.165) is 12.8 Å². The number of rotatable bonds is 8. The first-order valence-corrected chi connectivity index (χ1v) is 5.56. The monoisotopic (exact) mass is 209 g/mol. The maximum absolute atomic E-state index is 10.4. The molecule has 3 heteroatoms. The highest BCUT2D eigenvalue weighted by Gasteiger charge is 2.03. The Hall–Kier alpha value is -1.30. The average molecular weight is 209 g/mol. The number of hydrogen-bond acceptors (Lipinski definition) is 2.